The van der Waals surface area contributed by atoms with Gasteiger partial charge in [-0.15, -0.1) is 0 Å². The Hall–Kier alpha value is -1.62. The molecule has 0 aliphatic heterocycles. The molecule has 0 aliphatic rings. The summed E-state index contributed by atoms with van der Waals surface area (Å²) in [4.78, 5) is 11.5. The van der Waals surface area contributed by atoms with E-state index in [0.717, 1.165) is 24.5 Å². The zero-order valence-electron chi connectivity index (χ0n) is 13.6. The highest BCUT2D eigenvalue weighted by Crippen LogP contribution is 2.16. The molecule has 1 amide bonds. The number of thiocarbonyl (C=S) groups is 1. The van der Waals surface area contributed by atoms with E-state index in [4.69, 9.17) is 17.0 Å². The Morgan fingerprint density at radius 1 is 1.18 bits per heavy atom. The van der Waals surface area contributed by atoms with Gasteiger partial charge in [-0.1, -0.05) is 40.0 Å². The number of nitrogens with one attached hydrogen (secondary N) is 2. The van der Waals surface area contributed by atoms with Crippen LogP contribution in [0.3, 0.4) is 0 Å². The van der Waals surface area contributed by atoms with Crippen LogP contribution in [-0.2, 0) is 4.79 Å². The predicted molar refractivity (Wildman–Crippen MR) is 95.3 cm³/mol. The zero-order valence-corrected chi connectivity index (χ0v) is 14.5. The Morgan fingerprint density at radius 2 is 1.86 bits per heavy atom. The van der Waals surface area contributed by atoms with Gasteiger partial charge in [-0.3, -0.25) is 4.79 Å². The van der Waals surface area contributed by atoms with Gasteiger partial charge in [0.15, 0.2) is 5.11 Å². The van der Waals surface area contributed by atoms with Crippen molar-refractivity contribution in [1.29, 1.82) is 0 Å². The number of hydrogen-bond donors (Lipinski definition) is 2. The number of unbranched alkanes of at least 4 members (excludes halogenated alkanes) is 3. The highest BCUT2D eigenvalue weighted by Gasteiger charge is 2.08. The maximum atomic E-state index is 11.5. The van der Waals surface area contributed by atoms with Crippen molar-refractivity contribution in [2.45, 2.75) is 46.5 Å². The van der Waals surface area contributed by atoms with E-state index in [2.05, 4.69) is 17.6 Å². The first-order valence-corrected chi connectivity index (χ1v) is 8.28. The fourth-order valence-electron chi connectivity index (χ4n) is 1.77. The van der Waals surface area contributed by atoms with Crippen molar-refractivity contribution in [3.63, 3.8) is 0 Å². The molecule has 0 radical (unpaired) electrons. The number of anilines is 1. The summed E-state index contributed by atoms with van der Waals surface area (Å²) in [6.45, 7) is 6.59. The maximum Gasteiger partial charge on any atom is 0.228 e. The van der Waals surface area contributed by atoms with E-state index in [0.29, 0.717) is 5.11 Å². The van der Waals surface area contributed by atoms with Crippen molar-refractivity contribution in [1.82, 2.24) is 5.32 Å². The van der Waals surface area contributed by atoms with Gasteiger partial charge in [-0.05, 0) is 42.9 Å². The van der Waals surface area contributed by atoms with Crippen LogP contribution in [-0.4, -0.2) is 17.6 Å². The van der Waals surface area contributed by atoms with Crippen LogP contribution in [0.4, 0.5) is 5.69 Å². The lowest BCUT2D eigenvalue weighted by Crippen LogP contribution is -2.36. The fourth-order valence-corrected chi connectivity index (χ4v) is 1.99. The second-order valence-corrected chi connectivity index (χ2v) is 5.94. The Morgan fingerprint density at radius 3 is 2.45 bits per heavy atom. The van der Waals surface area contributed by atoms with Crippen LogP contribution in [0.15, 0.2) is 24.3 Å². The van der Waals surface area contributed by atoms with E-state index >= 15 is 0 Å². The molecule has 0 fully saturated rings. The van der Waals surface area contributed by atoms with Crippen LogP contribution in [0.1, 0.15) is 46.5 Å². The zero-order chi connectivity index (χ0) is 16.4. The average Bonchev–Trinajstić information content (AvgIpc) is 2.48. The molecule has 0 atom stereocenters. The molecule has 22 heavy (non-hydrogen) atoms. The normalized spacial score (nSPS) is 10.4. The molecule has 0 heterocycles. The predicted octanol–water partition coefficient (Wildman–Crippen LogP) is 4.11. The van der Waals surface area contributed by atoms with Crippen molar-refractivity contribution >= 4 is 28.9 Å². The van der Waals surface area contributed by atoms with Gasteiger partial charge in [-0.25, -0.2) is 0 Å². The molecule has 1 rings (SSSR count). The summed E-state index contributed by atoms with van der Waals surface area (Å²) in [5.41, 5.74) is 0.826. The van der Waals surface area contributed by atoms with Gasteiger partial charge >= 0.3 is 0 Å². The molecule has 0 spiro atoms. The van der Waals surface area contributed by atoms with Crippen LogP contribution in [0.2, 0.25) is 0 Å². The average molecular weight is 322 g/mol. The molecule has 0 unspecified atom stereocenters. The molecular weight excluding hydrogens is 296 g/mol. The number of benzene rings is 1. The molecule has 0 saturated carbocycles. The summed E-state index contributed by atoms with van der Waals surface area (Å²) in [5, 5.41) is 5.94. The summed E-state index contributed by atoms with van der Waals surface area (Å²) in [6.07, 6.45) is 4.78. The van der Waals surface area contributed by atoms with Gasteiger partial charge in [0.2, 0.25) is 5.91 Å². The van der Waals surface area contributed by atoms with E-state index in [9.17, 15) is 4.79 Å². The van der Waals surface area contributed by atoms with Crippen LogP contribution in [0, 0.1) is 5.92 Å². The molecule has 122 valence electrons. The number of rotatable bonds is 8. The summed E-state index contributed by atoms with van der Waals surface area (Å²) >= 11 is 5.10. The molecule has 0 saturated heterocycles. The van der Waals surface area contributed by atoms with Gasteiger partial charge in [0, 0.05) is 11.6 Å². The Labute approximate surface area is 138 Å². The van der Waals surface area contributed by atoms with Gasteiger partial charge in [0.1, 0.15) is 5.75 Å². The van der Waals surface area contributed by atoms with Gasteiger partial charge in [0.05, 0.1) is 6.61 Å². The molecule has 1 aromatic carbocycles. The second kappa shape index (κ2) is 10.2. The van der Waals surface area contributed by atoms with Crippen molar-refractivity contribution in [3.05, 3.63) is 24.3 Å². The number of carbonyl (C=O) groups excluding carboxylic acids is 1. The number of amides is 1. The summed E-state index contributed by atoms with van der Waals surface area (Å²) < 4.78 is 5.68. The maximum absolute atomic E-state index is 11.5. The van der Waals surface area contributed by atoms with Crippen molar-refractivity contribution < 1.29 is 9.53 Å². The number of hydrogen-bond acceptors (Lipinski definition) is 3. The minimum atomic E-state index is -0.0942. The van der Waals surface area contributed by atoms with Crippen LogP contribution in [0.25, 0.3) is 0 Å². The Kier molecular flexibility index (Phi) is 8.51. The van der Waals surface area contributed by atoms with Crippen LogP contribution < -0.4 is 15.4 Å². The number of ether oxygens (including phenoxy) is 1. The minimum Gasteiger partial charge on any atom is -0.494 e. The quantitative estimate of drug-likeness (QED) is 0.558. The standard InChI is InChI=1S/C17H26N2O2S/c1-4-5-6-7-12-21-15-10-8-14(9-11-15)18-17(22)19-16(20)13(2)3/h8-11,13H,4-7,12H2,1-3H3,(H2,18,19,20,22). The molecule has 5 heteroatoms. The molecule has 0 aliphatic carbocycles. The van der Waals surface area contributed by atoms with Crippen LogP contribution >= 0.6 is 12.2 Å². The lowest BCUT2D eigenvalue weighted by molar-refractivity contribution is -0.122. The van der Waals surface area contributed by atoms with E-state index in [1.165, 1.54) is 19.3 Å². The van der Waals surface area contributed by atoms with E-state index in [1.807, 2.05) is 38.1 Å². The third-order valence-corrected chi connectivity index (χ3v) is 3.34. The van der Waals surface area contributed by atoms with Gasteiger partial charge < -0.3 is 15.4 Å². The molecule has 2 N–H and O–H groups in total. The van der Waals surface area contributed by atoms with Crippen molar-refractivity contribution in [3.8, 4) is 5.75 Å². The fraction of sp³-hybridized carbons (Fsp3) is 0.529. The molecule has 0 aromatic heterocycles. The molecule has 0 bridgehead atoms. The van der Waals surface area contributed by atoms with E-state index < -0.39 is 0 Å². The van der Waals surface area contributed by atoms with E-state index in [-0.39, 0.29) is 11.8 Å². The largest absolute Gasteiger partial charge is 0.494 e. The lowest BCUT2D eigenvalue weighted by Gasteiger charge is -2.12. The van der Waals surface area contributed by atoms with Crippen molar-refractivity contribution in [2.24, 2.45) is 5.92 Å². The monoisotopic (exact) mass is 322 g/mol. The summed E-state index contributed by atoms with van der Waals surface area (Å²) in [6, 6.07) is 7.56. The topological polar surface area (TPSA) is 50.4 Å². The van der Waals surface area contributed by atoms with Crippen molar-refractivity contribution in [2.75, 3.05) is 11.9 Å². The highest BCUT2D eigenvalue weighted by molar-refractivity contribution is 7.80. The third kappa shape index (κ3) is 7.41. The highest BCUT2D eigenvalue weighted by atomic mass is 32.1. The summed E-state index contributed by atoms with van der Waals surface area (Å²) in [5.74, 6) is 0.659. The van der Waals surface area contributed by atoms with Gasteiger partial charge in [-0.2, -0.15) is 0 Å². The third-order valence-electron chi connectivity index (χ3n) is 3.14. The first kappa shape index (κ1) is 18.4. The molecular formula is C17H26N2O2S. The first-order chi connectivity index (χ1) is 10.5. The van der Waals surface area contributed by atoms with Gasteiger partial charge in [0.25, 0.3) is 0 Å². The minimum absolute atomic E-state index is 0.0930. The molecule has 4 nitrogen and oxygen atoms in total. The number of carbonyl (C=O) groups is 1. The second-order valence-electron chi connectivity index (χ2n) is 5.53. The Bertz CT molecular complexity index is 472. The Balaban J connectivity index is 2.35. The lowest BCUT2D eigenvalue weighted by atomic mass is 10.2. The van der Waals surface area contributed by atoms with E-state index in [1.54, 1.807) is 0 Å². The summed E-state index contributed by atoms with van der Waals surface area (Å²) in [7, 11) is 0. The first-order valence-electron chi connectivity index (χ1n) is 7.87. The van der Waals surface area contributed by atoms with Crippen LogP contribution in [0.5, 0.6) is 5.75 Å². The smallest absolute Gasteiger partial charge is 0.228 e. The molecule has 1 aromatic rings. The SMILES string of the molecule is CCCCCCOc1ccc(NC(=S)NC(=O)C(C)C)cc1.